The Morgan fingerprint density at radius 2 is 1.79 bits per heavy atom. The summed E-state index contributed by atoms with van der Waals surface area (Å²) in [6, 6.07) is 19.7. The molecule has 0 aliphatic carbocycles. The smallest absolute Gasteiger partial charge is 0.266 e. The summed E-state index contributed by atoms with van der Waals surface area (Å²) < 4.78 is 7.76. The number of aromatic hydroxyl groups is 1. The van der Waals surface area contributed by atoms with Crippen LogP contribution < -0.4 is 10.3 Å². The first-order valence-electron chi connectivity index (χ1n) is 8.90. The average molecular weight is 449 g/mol. The summed E-state index contributed by atoms with van der Waals surface area (Å²) in [5.74, 6) is 1.12. The molecule has 5 nitrogen and oxygen atoms in total. The van der Waals surface area contributed by atoms with Crippen LogP contribution in [-0.2, 0) is 0 Å². The van der Waals surface area contributed by atoms with E-state index in [1.165, 1.54) is 4.57 Å². The summed E-state index contributed by atoms with van der Waals surface area (Å²) in [4.78, 5) is 18.0. The van der Waals surface area contributed by atoms with E-state index in [-0.39, 0.29) is 11.3 Å². The molecular weight excluding hydrogens is 432 g/mol. The molecule has 1 heterocycles. The van der Waals surface area contributed by atoms with E-state index >= 15 is 0 Å². The maximum absolute atomic E-state index is 13.3. The molecule has 29 heavy (non-hydrogen) atoms. The highest BCUT2D eigenvalue weighted by molar-refractivity contribution is 9.10. The summed E-state index contributed by atoms with van der Waals surface area (Å²) in [6.07, 6.45) is 3.44. The molecule has 0 atom stereocenters. The molecule has 0 spiro atoms. The fourth-order valence-electron chi connectivity index (χ4n) is 3.13. The Morgan fingerprint density at radius 1 is 1.03 bits per heavy atom. The fraction of sp³-hybridized carbons (Fsp3) is 0.0435. The Bertz CT molecular complexity index is 1300. The van der Waals surface area contributed by atoms with Gasteiger partial charge in [0.05, 0.1) is 23.7 Å². The van der Waals surface area contributed by atoms with Gasteiger partial charge in [-0.15, -0.1) is 0 Å². The molecule has 3 aromatic carbocycles. The van der Waals surface area contributed by atoms with Gasteiger partial charge in [-0.3, -0.25) is 9.36 Å². The first-order valence-corrected chi connectivity index (χ1v) is 9.69. The average Bonchev–Trinajstić information content (AvgIpc) is 2.73. The van der Waals surface area contributed by atoms with Gasteiger partial charge < -0.3 is 9.84 Å². The van der Waals surface area contributed by atoms with Crippen LogP contribution in [0.3, 0.4) is 0 Å². The van der Waals surface area contributed by atoms with Crippen LogP contribution in [0.1, 0.15) is 11.4 Å². The lowest BCUT2D eigenvalue weighted by Crippen LogP contribution is -2.22. The van der Waals surface area contributed by atoms with Gasteiger partial charge in [-0.05, 0) is 48.6 Å². The zero-order chi connectivity index (χ0) is 20.4. The van der Waals surface area contributed by atoms with Crippen LogP contribution in [0.25, 0.3) is 28.7 Å². The van der Waals surface area contributed by atoms with Crippen molar-refractivity contribution in [3.8, 4) is 17.2 Å². The predicted octanol–water partition coefficient (Wildman–Crippen LogP) is 5.03. The summed E-state index contributed by atoms with van der Waals surface area (Å²) in [5, 5.41) is 10.7. The predicted molar refractivity (Wildman–Crippen MR) is 119 cm³/mol. The summed E-state index contributed by atoms with van der Waals surface area (Å²) in [6.45, 7) is 0. The Kier molecular flexibility index (Phi) is 5.18. The molecule has 0 aliphatic rings. The van der Waals surface area contributed by atoms with Gasteiger partial charge in [-0.2, -0.15) is 0 Å². The van der Waals surface area contributed by atoms with Crippen molar-refractivity contribution in [1.82, 2.24) is 9.55 Å². The zero-order valence-electron chi connectivity index (χ0n) is 15.5. The molecule has 0 aliphatic heterocycles. The van der Waals surface area contributed by atoms with Crippen molar-refractivity contribution in [3.63, 3.8) is 0 Å². The maximum Gasteiger partial charge on any atom is 0.266 e. The van der Waals surface area contributed by atoms with Gasteiger partial charge in [0.15, 0.2) is 0 Å². The number of phenolic OH excluding ortho intramolecular Hbond substituents is 1. The van der Waals surface area contributed by atoms with E-state index in [2.05, 4.69) is 20.9 Å². The van der Waals surface area contributed by atoms with E-state index in [1.807, 2.05) is 36.4 Å². The minimum atomic E-state index is -0.195. The normalized spacial score (nSPS) is 11.2. The summed E-state index contributed by atoms with van der Waals surface area (Å²) in [7, 11) is 1.56. The first kappa shape index (κ1) is 19.0. The van der Waals surface area contributed by atoms with Crippen LogP contribution in [0.2, 0.25) is 0 Å². The number of fused-ring (bicyclic) bond motifs is 1. The standard InChI is InChI=1S/C23H17BrN2O3/c1-29-21-9-5-4-8-19(21)26-22(13-11-15-10-12-16(24)14-20(15)27)25-18-7-3-2-6-17(18)23(26)28/h2-14,27H,1H3/b13-11+. The highest BCUT2D eigenvalue weighted by Gasteiger charge is 2.14. The van der Waals surface area contributed by atoms with Crippen LogP contribution in [0.4, 0.5) is 0 Å². The molecule has 6 heteroatoms. The van der Waals surface area contributed by atoms with Crippen LogP contribution >= 0.6 is 15.9 Å². The van der Waals surface area contributed by atoms with Gasteiger partial charge in [-0.25, -0.2) is 4.98 Å². The Balaban J connectivity index is 1.97. The number of halogens is 1. The number of nitrogens with zero attached hydrogens (tertiary/aromatic N) is 2. The minimum absolute atomic E-state index is 0.127. The first-order chi connectivity index (χ1) is 14.1. The summed E-state index contributed by atoms with van der Waals surface area (Å²) in [5.41, 5.74) is 1.61. The molecule has 0 saturated carbocycles. The lowest BCUT2D eigenvalue weighted by molar-refractivity contribution is 0.412. The van der Waals surface area contributed by atoms with Crippen molar-refractivity contribution in [2.45, 2.75) is 0 Å². The van der Waals surface area contributed by atoms with E-state index in [0.717, 1.165) is 4.47 Å². The Morgan fingerprint density at radius 3 is 2.59 bits per heavy atom. The number of methoxy groups -OCH3 is 1. The van der Waals surface area contributed by atoms with Crippen molar-refractivity contribution in [2.24, 2.45) is 0 Å². The van der Waals surface area contributed by atoms with Crippen molar-refractivity contribution in [1.29, 1.82) is 0 Å². The van der Waals surface area contributed by atoms with Crippen LogP contribution in [0.15, 0.2) is 76.0 Å². The number of hydrogen-bond acceptors (Lipinski definition) is 4. The molecule has 1 N–H and O–H groups in total. The van der Waals surface area contributed by atoms with E-state index in [9.17, 15) is 9.90 Å². The molecule has 4 rings (SSSR count). The van der Waals surface area contributed by atoms with Crippen molar-refractivity contribution in [2.75, 3.05) is 7.11 Å². The molecule has 0 fully saturated rings. The third-order valence-electron chi connectivity index (χ3n) is 4.53. The van der Waals surface area contributed by atoms with Crippen LogP contribution in [0, 0.1) is 0 Å². The quantitative estimate of drug-likeness (QED) is 0.475. The second-order valence-electron chi connectivity index (χ2n) is 6.34. The van der Waals surface area contributed by atoms with Crippen molar-refractivity contribution < 1.29 is 9.84 Å². The monoisotopic (exact) mass is 448 g/mol. The van der Waals surface area contributed by atoms with Crippen LogP contribution in [0.5, 0.6) is 11.5 Å². The highest BCUT2D eigenvalue weighted by Crippen LogP contribution is 2.26. The number of ether oxygens (including phenoxy) is 1. The number of rotatable bonds is 4. The van der Waals surface area contributed by atoms with Crippen LogP contribution in [-0.4, -0.2) is 21.8 Å². The molecule has 0 saturated heterocycles. The maximum atomic E-state index is 13.3. The van der Waals surface area contributed by atoms with Crippen molar-refractivity contribution >= 4 is 39.0 Å². The second-order valence-corrected chi connectivity index (χ2v) is 7.25. The van der Waals surface area contributed by atoms with Gasteiger partial charge in [0.2, 0.25) is 0 Å². The molecule has 0 unspecified atom stereocenters. The van der Waals surface area contributed by atoms with Gasteiger partial charge in [0, 0.05) is 10.0 Å². The lowest BCUT2D eigenvalue weighted by Gasteiger charge is -2.14. The van der Waals surface area contributed by atoms with Gasteiger partial charge in [0.1, 0.15) is 17.3 Å². The third-order valence-corrected chi connectivity index (χ3v) is 5.03. The zero-order valence-corrected chi connectivity index (χ0v) is 17.1. The molecule has 0 radical (unpaired) electrons. The largest absolute Gasteiger partial charge is 0.507 e. The highest BCUT2D eigenvalue weighted by atomic mass is 79.9. The molecule has 4 aromatic rings. The number of benzene rings is 3. The fourth-order valence-corrected chi connectivity index (χ4v) is 3.48. The summed E-state index contributed by atoms with van der Waals surface area (Å²) >= 11 is 3.33. The molecule has 0 amide bonds. The van der Waals surface area contributed by atoms with E-state index in [4.69, 9.17) is 4.74 Å². The molecular formula is C23H17BrN2O3. The second kappa shape index (κ2) is 7.93. The Labute approximate surface area is 175 Å². The SMILES string of the molecule is COc1ccccc1-n1c(/C=C/c2ccc(Br)cc2O)nc2ccccc2c1=O. The number of hydrogen-bond donors (Lipinski definition) is 1. The van der Waals surface area contributed by atoms with Gasteiger partial charge in [-0.1, -0.05) is 46.3 Å². The molecule has 144 valence electrons. The Hall–Kier alpha value is -3.38. The van der Waals surface area contributed by atoms with Gasteiger partial charge >= 0.3 is 0 Å². The minimum Gasteiger partial charge on any atom is -0.507 e. The number of para-hydroxylation sites is 3. The lowest BCUT2D eigenvalue weighted by atomic mass is 10.1. The van der Waals surface area contributed by atoms with E-state index in [1.54, 1.807) is 49.6 Å². The third kappa shape index (κ3) is 3.67. The number of aromatic nitrogens is 2. The molecule has 1 aromatic heterocycles. The molecule has 0 bridgehead atoms. The van der Waals surface area contributed by atoms with E-state index in [0.29, 0.717) is 33.7 Å². The van der Waals surface area contributed by atoms with Gasteiger partial charge in [0.25, 0.3) is 5.56 Å². The number of phenols is 1. The topological polar surface area (TPSA) is 64.3 Å². The van der Waals surface area contributed by atoms with Crippen molar-refractivity contribution in [3.05, 3.63) is 92.9 Å². The van der Waals surface area contributed by atoms with E-state index < -0.39 is 0 Å².